The zero-order valence-electron chi connectivity index (χ0n) is 9.26. The minimum absolute atomic E-state index is 0.385. The van der Waals surface area contributed by atoms with Gasteiger partial charge in [-0.3, -0.25) is 4.79 Å². The van der Waals surface area contributed by atoms with Gasteiger partial charge in [-0.15, -0.1) is 0 Å². The molecule has 0 fully saturated rings. The minimum Gasteiger partial charge on any atom is -0.356 e. The third-order valence-electron chi connectivity index (χ3n) is 2.77. The van der Waals surface area contributed by atoms with E-state index in [0.29, 0.717) is 28.7 Å². The van der Waals surface area contributed by atoms with E-state index in [9.17, 15) is 9.18 Å². The van der Waals surface area contributed by atoms with Gasteiger partial charge in [0, 0.05) is 16.5 Å². The number of benzene rings is 2. The van der Waals surface area contributed by atoms with Crippen LogP contribution in [0.2, 0.25) is 0 Å². The smallest absolute Gasteiger partial charge is 0.167 e. The summed E-state index contributed by atoms with van der Waals surface area (Å²) in [6.45, 7) is 0. The van der Waals surface area contributed by atoms with Crippen LogP contribution in [-0.2, 0) is 0 Å². The maximum atomic E-state index is 13.3. The van der Waals surface area contributed by atoms with Gasteiger partial charge in [0.15, 0.2) is 11.9 Å². The Bertz CT molecular complexity index is 733. The summed E-state index contributed by atoms with van der Waals surface area (Å²) in [5, 5.41) is 4.67. The Kier molecular flexibility index (Phi) is 2.41. The number of hydrogen-bond donors (Lipinski definition) is 0. The Morgan fingerprint density at radius 2 is 2.00 bits per heavy atom. The lowest BCUT2D eigenvalue weighted by molar-refractivity contribution is 0.112. The molecule has 3 aromatic rings. The molecule has 0 aliphatic heterocycles. The number of fused-ring (bicyclic) bond motifs is 1. The predicted octanol–water partition coefficient (Wildman–Crippen LogP) is 3.45. The van der Waals surface area contributed by atoms with Crippen LogP contribution in [0.4, 0.5) is 4.39 Å². The van der Waals surface area contributed by atoms with Crippen molar-refractivity contribution in [3.8, 4) is 11.3 Å². The molecule has 0 spiro atoms. The fraction of sp³-hybridized carbons (Fsp3) is 0. The number of rotatable bonds is 2. The molecule has 1 aromatic heterocycles. The molecular weight excluding hydrogens is 233 g/mol. The van der Waals surface area contributed by atoms with Crippen LogP contribution >= 0.6 is 0 Å². The molecule has 0 N–H and O–H groups in total. The summed E-state index contributed by atoms with van der Waals surface area (Å²) in [5.41, 5.74) is 1.91. The normalized spacial score (nSPS) is 10.7. The number of para-hydroxylation sites is 1. The molecule has 0 atom stereocenters. The van der Waals surface area contributed by atoms with Gasteiger partial charge in [-0.05, 0) is 30.3 Å². The van der Waals surface area contributed by atoms with Crippen LogP contribution in [0.3, 0.4) is 0 Å². The van der Waals surface area contributed by atoms with E-state index >= 15 is 0 Å². The highest BCUT2D eigenvalue weighted by molar-refractivity contribution is 5.97. The first-order valence-electron chi connectivity index (χ1n) is 5.39. The van der Waals surface area contributed by atoms with E-state index in [1.165, 1.54) is 18.2 Å². The minimum atomic E-state index is -0.414. The molecule has 0 aliphatic carbocycles. The van der Waals surface area contributed by atoms with Gasteiger partial charge in [-0.1, -0.05) is 17.3 Å². The summed E-state index contributed by atoms with van der Waals surface area (Å²) in [5.74, 6) is -0.414. The SMILES string of the molecule is O=Cc1ccc(F)cc1-c1noc2ccccc12. The van der Waals surface area contributed by atoms with Crippen molar-refractivity contribution in [2.75, 3.05) is 0 Å². The Morgan fingerprint density at radius 3 is 2.83 bits per heavy atom. The maximum Gasteiger partial charge on any atom is 0.167 e. The van der Waals surface area contributed by atoms with Gasteiger partial charge in [-0.25, -0.2) is 4.39 Å². The summed E-state index contributed by atoms with van der Waals surface area (Å²) in [6, 6.07) is 11.2. The monoisotopic (exact) mass is 241 g/mol. The van der Waals surface area contributed by atoms with E-state index in [1.54, 1.807) is 6.07 Å². The second-order valence-electron chi connectivity index (χ2n) is 3.88. The first-order chi connectivity index (χ1) is 8.79. The third kappa shape index (κ3) is 1.59. The molecule has 0 amide bonds. The topological polar surface area (TPSA) is 43.1 Å². The van der Waals surface area contributed by atoms with E-state index in [1.807, 2.05) is 18.2 Å². The van der Waals surface area contributed by atoms with Crippen molar-refractivity contribution in [1.82, 2.24) is 5.16 Å². The molecule has 4 heteroatoms. The van der Waals surface area contributed by atoms with E-state index in [4.69, 9.17) is 4.52 Å². The zero-order valence-corrected chi connectivity index (χ0v) is 9.26. The van der Waals surface area contributed by atoms with Crippen molar-refractivity contribution in [1.29, 1.82) is 0 Å². The first-order valence-corrected chi connectivity index (χ1v) is 5.39. The average Bonchev–Trinajstić information content (AvgIpc) is 2.82. The van der Waals surface area contributed by atoms with E-state index in [0.717, 1.165) is 5.39 Å². The highest BCUT2D eigenvalue weighted by Crippen LogP contribution is 2.30. The Balaban J connectivity index is 2.32. The number of nitrogens with zero attached hydrogens (tertiary/aromatic N) is 1. The van der Waals surface area contributed by atoms with Gasteiger partial charge in [0.25, 0.3) is 0 Å². The molecule has 0 unspecified atom stereocenters. The lowest BCUT2D eigenvalue weighted by Crippen LogP contribution is -1.89. The molecule has 0 aliphatic rings. The first kappa shape index (κ1) is 10.7. The number of carbonyl (C=O) groups is 1. The van der Waals surface area contributed by atoms with Crippen LogP contribution in [0.15, 0.2) is 47.0 Å². The summed E-state index contributed by atoms with van der Waals surface area (Å²) in [6.07, 6.45) is 0.679. The standard InChI is InChI=1S/C14H8FNO2/c15-10-6-5-9(8-17)12(7-10)14-11-3-1-2-4-13(11)18-16-14/h1-8H. The lowest BCUT2D eigenvalue weighted by atomic mass is 10.0. The fourth-order valence-electron chi connectivity index (χ4n) is 1.92. The Hall–Kier alpha value is -2.49. The van der Waals surface area contributed by atoms with Gasteiger partial charge in [0.1, 0.15) is 11.5 Å². The average molecular weight is 241 g/mol. The molecular formula is C14H8FNO2. The third-order valence-corrected chi connectivity index (χ3v) is 2.77. The van der Waals surface area contributed by atoms with Crippen LogP contribution < -0.4 is 0 Å². The summed E-state index contributed by atoms with van der Waals surface area (Å²) >= 11 is 0. The van der Waals surface area contributed by atoms with Crippen LogP contribution in [0.25, 0.3) is 22.2 Å². The van der Waals surface area contributed by atoms with Gasteiger partial charge in [0.05, 0.1) is 0 Å². The summed E-state index contributed by atoms with van der Waals surface area (Å²) in [7, 11) is 0. The van der Waals surface area contributed by atoms with Crippen molar-refractivity contribution in [2.24, 2.45) is 0 Å². The molecule has 0 radical (unpaired) electrons. The number of aromatic nitrogens is 1. The second-order valence-corrected chi connectivity index (χ2v) is 3.88. The van der Waals surface area contributed by atoms with E-state index < -0.39 is 5.82 Å². The molecule has 18 heavy (non-hydrogen) atoms. The van der Waals surface area contributed by atoms with Gasteiger partial charge >= 0.3 is 0 Å². The van der Waals surface area contributed by atoms with Crippen LogP contribution in [0, 0.1) is 5.82 Å². The van der Waals surface area contributed by atoms with Crippen molar-refractivity contribution in [2.45, 2.75) is 0 Å². The van der Waals surface area contributed by atoms with E-state index in [2.05, 4.69) is 5.16 Å². The highest BCUT2D eigenvalue weighted by atomic mass is 19.1. The molecule has 88 valence electrons. The van der Waals surface area contributed by atoms with Crippen molar-refractivity contribution < 1.29 is 13.7 Å². The lowest BCUT2D eigenvalue weighted by Gasteiger charge is -2.01. The van der Waals surface area contributed by atoms with Crippen LogP contribution in [0.5, 0.6) is 0 Å². The van der Waals surface area contributed by atoms with Crippen molar-refractivity contribution in [3.63, 3.8) is 0 Å². The van der Waals surface area contributed by atoms with Crippen molar-refractivity contribution in [3.05, 3.63) is 53.8 Å². The van der Waals surface area contributed by atoms with Gasteiger partial charge < -0.3 is 4.52 Å². The molecule has 0 bridgehead atoms. The molecule has 0 saturated heterocycles. The Labute approximate surface area is 102 Å². The fourth-order valence-corrected chi connectivity index (χ4v) is 1.92. The predicted molar refractivity (Wildman–Crippen MR) is 64.8 cm³/mol. The van der Waals surface area contributed by atoms with Crippen LogP contribution in [0.1, 0.15) is 10.4 Å². The largest absolute Gasteiger partial charge is 0.356 e. The van der Waals surface area contributed by atoms with Gasteiger partial charge in [-0.2, -0.15) is 0 Å². The maximum absolute atomic E-state index is 13.3. The number of halogens is 1. The molecule has 1 heterocycles. The summed E-state index contributed by atoms with van der Waals surface area (Å²) < 4.78 is 18.5. The quantitative estimate of drug-likeness (QED) is 0.645. The van der Waals surface area contributed by atoms with Gasteiger partial charge in [0.2, 0.25) is 0 Å². The second kappa shape index (κ2) is 4.07. The summed E-state index contributed by atoms with van der Waals surface area (Å²) in [4.78, 5) is 11.0. The molecule has 3 rings (SSSR count). The molecule has 2 aromatic carbocycles. The van der Waals surface area contributed by atoms with Crippen molar-refractivity contribution >= 4 is 17.3 Å². The van der Waals surface area contributed by atoms with Crippen LogP contribution in [-0.4, -0.2) is 11.4 Å². The molecule has 3 nitrogen and oxygen atoms in total. The van der Waals surface area contributed by atoms with E-state index in [-0.39, 0.29) is 0 Å². The highest BCUT2D eigenvalue weighted by Gasteiger charge is 2.14. The Morgan fingerprint density at radius 1 is 1.17 bits per heavy atom. The number of carbonyl (C=O) groups excluding carboxylic acids is 1. The molecule has 0 saturated carbocycles. The number of hydrogen-bond acceptors (Lipinski definition) is 3. The zero-order chi connectivity index (χ0) is 12.5. The number of aldehydes is 1.